The first-order valence-electron chi connectivity index (χ1n) is 5.18. The van der Waals surface area contributed by atoms with Gasteiger partial charge in [0.15, 0.2) is 0 Å². The molecule has 1 rings (SSSR count). The number of anilines is 1. The van der Waals surface area contributed by atoms with Crippen LogP contribution < -0.4 is 10.6 Å². The summed E-state index contributed by atoms with van der Waals surface area (Å²) in [4.78, 5) is 11.4. The van der Waals surface area contributed by atoms with Crippen molar-refractivity contribution in [3.05, 3.63) is 29.3 Å². The van der Waals surface area contributed by atoms with Crippen molar-refractivity contribution in [3.63, 3.8) is 0 Å². The van der Waals surface area contributed by atoms with Gasteiger partial charge in [0, 0.05) is 10.7 Å². The van der Waals surface area contributed by atoms with Crippen molar-refractivity contribution in [3.8, 4) is 0 Å². The number of rotatable bonds is 6. The first kappa shape index (κ1) is 14.8. The second-order valence-electron chi connectivity index (χ2n) is 3.67. The van der Waals surface area contributed by atoms with E-state index in [1.807, 2.05) is 0 Å². The fraction of sp³-hybridized carbons (Fsp3) is 0.364. The van der Waals surface area contributed by atoms with E-state index in [9.17, 15) is 13.6 Å². The Bertz CT molecular complexity index is 399. The van der Waals surface area contributed by atoms with Crippen LogP contribution in [0.3, 0.4) is 0 Å². The van der Waals surface area contributed by atoms with Gasteiger partial charge in [0.1, 0.15) is 6.61 Å². The zero-order chi connectivity index (χ0) is 13.6. The van der Waals surface area contributed by atoms with Gasteiger partial charge in [-0.2, -0.15) is 0 Å². The molecule has 1 amide bonds. The van der Waals surface area contributed by atoms with Crippen molar-refractivity contribution in [1.29, 1.82) is 0 Å². The second kappa shape index (κ2) is 6.63. The highest BCUT2D eigenvalue weighted by molar-refractivity contribution is 6.30. The number of alkyl halides is 2. The molecule has 0 aliphatic heterocycles. The Morgan fingerprint density at radius 2 is 1.94 bits per heavy atom. The minimum atomic E-state index is -3.22. The van der Waals surface area contributed by atoms with Crippen LogP contribution in [-0.2, 0) is 4.79 Å². The van der Waals surface area contributed by atoms with E-state index >= 15 is 0 Å². The molecule has 0 saturated carbocycles. The average Bonchev–Trinajstić information content (AvgIpc) is 2.32. The lowest BCUT2D eigenvalue weighted by Gasteiger charge is -2.13. The number of hydrogen-bond donors (Lipinski definition) is 3. The third-order valence-electron chi connectivity index (χ3n) is 2.03. The minimum absolute atomic E-state index is 0.266. The molecular weight excluding hydrogens is 266 g/mol. The van der Waals surface area contributed by atoms with Crippen LogP contribution >= 0.6 is 11.6 Å². The maximum atomic E-state index is 12.6. The van der Waals surface area contributed by atoms with Crippen LogP contribution in [0.4, 0.5) is 14.5 Å². The first-order valence-corrected chi connectivity index (χ1v) is 5.55. The number of carbonyl (C=O) groups is 1. The number of carbonyl (C=O) groups excluding carboxylic acids is 1. The normalized spacial score (nSPS) is 11.3. The number of aliphatic hydroxyl groups excluding tert-OH is 1. The predicted molar refractivity (Wildman–Crippen MR) is 65.0 cm³/mol. The number of aliphatic hydroxyl groups is 1. The molecule has 18 heavy (non-hydrogen) atoms. The zero-order valence-electron chi connectivity index (χ0n) is 9.42. The van der Waals surface area contributed by atoms with Gasteiger partial charge in [-0.1, -0.05) is 11.6 Å². The Balaban J connectivity index is 2.32. The number of hydrogen-bond acceptors (Lipinski definition) is 3. The lowest BCUT2D eigenvalue weighted by Crippen LogP contribution is -2.39. The van der Waals surface area contributed by atoms with Crippen LogP contribution in [0.15, 0.2) is 24.3 Å². The fourth-order valence-corrected chi connectivity index (χ4v) is 1.28. The molecule has 0 atom stereocenters. The topological polar surface area (TPSA) is 61.4 Å². The Morgan fingerprint density at radius 1 is 1.33 bits per heavy atom. The van der Waals surface area contributed by atoms with Gasteiger partial charge in [0.05, 0.1) is 13.1 Å². The number of nitrogens with one attached hydrogen (secondary N) is 2. The molecule has 0 aromatic heterocycles. The van der Waals surface area contributed by atoms with Gasteiger partial charge in [0.2, 0.25) is 5.91 Å². The van der Waals surface area contributed by atoms with Gasteiger partial charge in [-0.05, 0) is 24.3 Å². The average molecular weight is 279 g/mol. The molecule has 0 radical (unpaired) electrons. The summed E-state index contributed by atoms with van der Waals surface area (Å²) < 4.78 is 25.2. The molecule has 0 saturated heterocycles. The molecule has 1 aromatic rings. The van der Waals surface area contributed by atoms with Gasteiger partial charge in [0.25, 0.3) is 5.92 Å². The molecule has 0 spiro atoms. The largest absolute Gasteiger partial charge is 0.390 e. The van der Waals surface area contributed by atoms with E-state index in [-0.39, 0.29) is 6.54 Å². The van der Waals surface area contributed by atoms with E-state index in [0.29, 0.717) is 10.7 Å². The van der Waals surface area contributed by atoms with Crippen molar-refractivity contribution in [2.75, 3.05) is 25.0 Å². The first-order chi connectivity index (χ1) is 8.43. The number of halogens is 3. The molecule has 3 N–H and O–H groups in total. The molecule has 0 fully saturated rings. The van der Waals surface area contributed by atoms with E-state index in [4.69, 9.17) is 16.7 Å². The third kappa shape index (κ3) is 5.39. The van der Waals surface area contributed by atoms with Crippen molar-refractivity contribution in [2.24, 2.45) is 0 Å². The highest BCUT2D eigenvalue weighted by atomic mass is 35.5. The Morgan fingerprint density at radius 3 is 2.50 bits per heavy atom. The summed E-state index contributed by atoms with van der Waals surface area (Å²) in [5, 5.41) is 13.6. The van der Waals surface area contributed by atoms with Gasteiger partial charge < -0.3 is 15.7 Å². The lowest BCUT2D eigenvalue weighted by molar-refractivity contribution is -0.115. The highest BCUT2D eigenvalue weighted by Crippen LogP contribution is 2.13. The monoisotopic (exact) mass is 278 g/mol. The number of amides is 1. The van der Waals surface area contributed by atoms with E-state index in [1.54, 1.807) is 24.3 Å². The molecule has 0 heterocycles. The highest BCUT2D eigenvalue weighted by Gasteiger charge is 2.27. The maximum absolute atomic E-state index is 12.6. The molecule has 0 bridgehead atoms. The van der Waals surface area contributed by atoms with Crippen LogP contribution in [0.25, 0.3) is 0 Å². The standard InChI is InChI=1S/C11H13ClF2N2O2/c12-8-1-3-9(4-2-8)16-10(18)5-15-6-11(13,14)7-17/h1-4,15,17H,5-7H2,(H,16,18). The molecule has 0 aliphatic rings. The van der Waals surface area contributed by atoms with Crippen molar-refractivity contribution in [1.82, 2.24) is 5.32 Å². The van der Waals surface area contributed by atoms with Gasteiger partial charge >= 0.3 is 0 Å². The summed E-state index contributed by atoms with van der Waals surface area (Å²) in [6.45, 7) is -2.27. The number of benzene rings is 1. The van der Waals surface area contributed by atoms with Crippen molar-refractivity contribution < 1.29 is 18.7 Å². The molecule has 100 valence electrons. The van der Waals surface area contributed by atoms with E-state index in [2.05, 4.69) is 10.6 Å². The summed E-state index contributed by atoms with van der Waals surface area (Å²) in [6, 6.07) is 6.40. The van der Waals surface area contributed by atoms with Gasteiger partial charge in [-0.25, -0.2) is 8.78 Å². The predicted octanol–water partition coefficient (Wildman–Crippen LogP) is 1.50. The van der Waals surface area contributed by atoms with Crippen LogP contribution in [0.1, 0.15) is 0 Å². The maximum Gasteiger partial charge on any atom is 0.282 e. The van der Waals surface area contributed by atoms with Crippen LogP contribution in [-0.4, -0.2) is 36.6 Å². The fourth-order valence-electron chi connectivity index (χ4n) is 1.15. The molecule has 0 aliphatic carbocycles. The Kier molecular flexibility index (Phi) is 5.46. The molecule has 0 unspecified atom stereocenters. The molecule has 1 aromatic carbocycles. The Labute approximate surface area is 108 Å². The minimum Gasteiger partial charge on any atom is -0.390 e. The summed E-state index contributed by atoms with van der Waals surface area (Å²) >= 11 is 5.67. The molecule has 4 nitrogen and oxygen atoms in total. The van der Waals surface area contributed by atoms with Crippen molar-refractivity contribution in [2.45, 2.75) is 5.92 Å². The summed E-state index contributed by atoms with van der Waals surface area (Å²) in [7, 11) is 0. The zero-order valence-corrected chi connectivity index (χ0v) is 10.2. The quantitative estimate of drug-likeness (QED) is 0.739. The molecule has 7 heteroatoms. The summed E-state index contributed by atoms with van der Waals surface area (Å²) in [5.74, 6) is -3.67. The second-order valence-corrected chi connectivity index (χ2v) is 4.11. The van der Waals surface area contributed by atoms with E-state index in [1.165, 1.54) is 0 Å². The SMILES string of the molecule is O=C(CNCC(F)(F)CO)Nc1ccc(Cl)cc1. The smallest absolute Gasteiger partial charge is 0.282 e. The Hall–Kier alpha value is -1.24. The molecular formula is C11H13ClF2N2O2. The van der Waals surface area contributed by atoms with Crippen LogP contribution in [0, 0.1) is 0 Å². The van der Waals surface area contributed by atoms with Crippen LogP contribution in [0.2, 0.25) is 5.02 Å². The summed E-state index contributed by atoms with van der Waals surface area (Å²) in [5.41, 5.74) is 0.528. The van der Waals surface area contributed by atoms with E-state index < -0.39 is 25.0 Å². The van der Waals surface area contributed by atoms with E-state index in [0.717, 1.165) is 0 Å². The van der Waals surface area contributed by atoms with Gasteiger partial charge in [-0.3, -0.25) is 4.79 Å². The van der Waals surface area contributed by atoms with Gasteiger partial charge in [-0.15, -0.1) is 0 Å². The van der Waals surface area contributed by atoms with Crippen LogP contribution in [0.5, 0.6) is 0 Å². The lowest BCUT2D eigenvalue weighted by atomic mass is 10.3. The summed E-state index contributed by atoms with van der Waals surface area (Å²) in [6.07, 6.45) is 0. The third-order valence-corrected chi connectivity index (χ3v) is 2.28. The van der Waals surface area contributed by atoms with Crippen molar-refractivity contribution >= 4 is 23.2 Å².